The highest BCUT2D eigenvalue weighted by atomic mass is 16.5. The minimum atomic E-state index is -0.837. The number of carbonyl (C=O) groups is 2. The van der Waals surface area contributed by atoms with Crippen molar-refractivity contribution in [2.24, 2.45) is 0 Å². The number of urea groups is 1. The molecular formula is C13H22N2O4. The van der Waals surface area contributed by atoms with Gasteiger partial charge >= 0.3 is 12.0 Å². The molecule has 6 nitrogen and oxygen atoms in total. The summed E-state index contributed by atoms with van der Waals surface area (Å²) in [5, 5.41) is 11.9. The van der Waals surface area contributed by atoms with Crippen LogP contribution in [0, 0.1) is 0 Å². The lowest BCUT2D eigenvalue weighted by Crippen LogP contribution is -2.52. The number of amides is 2. The molecule has 2 aliphatic rings. The van der Waals surface area contributed by atoms with E-state index in [2.05, 4.69) is 5.32 Å². The molecule has 0 bridgehead atoms. The van der Waals surface area contributed by atoms with E-state index in [4.69, 9.17) is 9.84 Å². The Labute approximate surface area is 113 Å². The van der Waals surface area contributed by atoms with Gasteiger partial charge in [-0.1, -0.05) is 0 Å². The summed E-state index contributed by atoms with van der Waals surface area (Å²) >= 11 is 0. The molecule has 2 N–H and O–H groups in total. The molecule has 2 amide bonds. The maximum atomic E-state index is 12.2. The Morgan fingerprint density at radius 2 is 1.95 bits per heavy atom. The first-order valence-corrected chi connectivity index (χ1v) is 7.03. The fraction of sp³-hybridized carbons (Fsp3) is 0.846. The van der Waals surface area contributed by atoms with E-state index >= 15 is 0 Å². The standard InChI is InChI=1S/C13H22N2O4/c16-12(17)9-11-3-1-2-6-15(11)13(18)14-10-4-7-19-8-5-10/h10-11H,1-9H2,(H,14,18)(H,16,17). The summed E-state index contributed by atoms with van der Waals surface area (Å²) in [6, 6.07) is -0.113. The van der Waals surface area contributed by atoms with Crippen molar-refractivity contribution in [2.75, 3.05) is 19.8 Å². The number of rotatable bonds is 3. The Bertz CT molecular complexity index is 329. The molecule has 2 heterocycles. The second kappa shape index (κ2) is 6.75. The van der Waals surface area contributed by atoms with E-state index in [9.17, 15) is 9.59 Å². The normalized spacial score (nSPS) is 25.1. The largest absolute Gasteiger partial charge is 0.481 e. The number of hydrogen-bond donors (Lipinski definition) is 2. The molecule has 0 aromatic heterocycles. The lowest BCUT2D eigenvalue weighted by molar-refractivity contribution is -0.138. The molecule has 2 fully saturated rings. The topological polar surface area (TPSA) is 78.9 Å². The number of carboxylic acid groups (broad SMARTS) is 1. The van der Waals surface area contributed by atoms with Gasteiger partial charge in [-0.05, 0) is 32.1 Å². The zero-order chi connectivity index (χ0) is 13.7. The Morgan fingerprint density at radius 3 is 2.63 bits per heavy atom. The Kier molecular flexibility index (Phi) is 5.01. The van der Waals surface area contributed by atoms with E-state index in [1.807, 2.05) is 0 Å². The summed E-state index contributed by atoms with van der Waals surface area (Å²) in [5.41, 5.74) is 0. The van der Waals surface area contributed by atoms with E-state index in [1.54, 1.807) is 4.90 Å². The van der Waals surface area contributed by atoms with Crippen LogP contribution >= 0.6 is 0 Å². The van der Waals surface area contributed by atoms with Crippen molar-refractivity contribution in [1.29, 1.82) is 0 Å². The fourth-order valence-corrected chi connectivity index (χ4v) is 2.78. The van der Waals surface area contributed by atoms with Gasteiger partial charge in [-0.3, -0.25) is 4.79 Å². The van der Waals surface area contributed by atoms with E-state index < -0.39 is 5.97 Å². The highest BCUT2D eigenvalue weighted by Gasteiger charge is 2.29. The molecule has 0 spiro atoms. The van der Waals surface area contributed by atoms with Crippen LogP contribution in [-0.4, -0.2) is 53.8 Å². The predicted octanol–water partition coefficient (Wildman–Crippen LogP) is 1.20. The molecule has 19 heavy (non-hydrogen) atoms. The third-order valence-corrected chi connectivity index (χ3v) is 3.85. The van der Waals surface area contributed by atoms with E-state index in [0.29, 0.717) is 19.8 Å². The van der Waals surface area contributed by atoms with Gasteiger partial charge in [0.1, 0.15) is 0 Å². The molecule has 2 aliphatic heterocycles. The van der Waals surface area contributed by atoms with Crippen molar-refractivity contribution in [3.63, 3.8) is 0 Å². The third-order valence-electron chi connectivity index (χ3n) is 3.85. The SMILES string of the molecule is O=C(O)CC1CCCCN1C(=O)NC1CCOCC1. The first kappa shape index (κ1) is 14.1. The van der Waals surface area contributed by atoms with E-state index in [1.165, 1.54) is 0 Å². The number of carbonyl (C=O) groups excluding carboxylic acids is 1. The van der Waals surface area contributed by atoms with Crippen LogP contribution in [-0.2, 0) is 9.53 Å². The first-order valence-electron chi connectivity index (χ1n) is 7.03. The lowest BCUT2D eigenvalue weighted by atomic mass is 10.00. The zero-order valence-electron chi connectivity index (χ0n) is 11.1. The molecule has 0 radical (unpaired) electrons. The second-order valence-corrected chi connectivity index (χ2v) is 5.28. The fourth-order valence-electron chi connectivity index (χ4n) is 2.78. The van der Waals surface area contributed by atoms with Gasteiger partial charge in [0.15, 0.2) is 0 Å². The maximum absolute atomic E-state index is 12.2. The molecule has 0 aliphatic carbocycles. The summed E-state index contributed by atoms with van der Waals surface area (Å²) in [5.74, 6) is -0.837. The minimum absolute atomic E-state index is 0.0429. The zero-order valence-corrected chi connectivity index (χ0v) is 11.1. The molecular weight excluding hydrogens is 248 g/mol. The average molecular weight is 270 g/mol. The van der Waals surface area contributed by atoms with Gasteiger partial charge in [-0.2, -0.15) is 0 Å². The smallest absolute Gasteiger partial charge is 0.317 e. The van der Waals surface area contributed by atoms with Crippen LogP contribution in [0.5, 0.6) is 0 Å². The molecule has 0 aromatic carbocycles. The van der Waals surface area contributed by atoms with Crippen LogP contribution in [0.25, 0.3) is 0 Å². The monoisotopic (exact) mass is 270 g/mol. The summed E-state index contributed by atoms with van der Waals surface area (Å²) in [7, 11) is 0. The van der Waals surface area contributed by atoms with Gasteiger partial charge in [0.05, 0.1) is 6.42 Å². The van der Waals surface area contributed by atoms with E-state index in [-0.39, 0.29) is 24.5 Å². The first-order chi connectivity index (χ1) is 9.16. The van der Waals surface area contributed by atoms with E-state index in [0.717, 1.165) is 32.1 Å². The van der Waals surface area contributed by atoms with Crippen molar-refractivity contribution in [1.82, 2.24) is 10.2 Å². The number of piperidine rings is 1. The van der Waals surface area contributed by atoms with Crippen LogP contribution in [0.3, 0.4) is 0 Å². The summed E-state index contributed by atoms with van der Waals surface area (Å²) in [6.45, 7) is 2.03. The lowest BCUT2D eigenvalue weighted by Gasteiger charge is -2.36. The minimum Gasteiger partial charge on any atom is -0.481 e. The number of nitrogens with zero attached hydrogens (tertiary/aromatic N) is 1. The molecule has 2 rings (SSSR count). The van der Waals surface area contributed by atoms with Gasteiger partial charge in [-0.25, -0.2) is 4.79 Å². The summed E-state index contributed by atoms with van der Waals surface area (Å²) in [4.78, 5) is 24.8. The van der Waals surface area contributed by atoms with Gasteiger partial charge in [0.25, 0.3) is 0 Å². The van der Waals surface area contributed by atoms with Crippen molar-refractivity contribution in [2.45, 2.75) is 50.6 Å². The van der Waals surface area contributed by atoms with Crippen molar-refractivity contribution in [3.05, 3.63) is 0 Å². The van der Waals surface area contributed by atoms with Crippen LogP contribution in [0.15, 0.2) is 0 Å². The molecule has 1 unspecified atom stereocenters. The van der Waals surface area contributed by atoms with Crippen molar-refractivity contribution >= 4 is 12.0 Å². The molecule has 1 atom stereocenters. The average Bonchev–Trinajstić information content (AvgIpc) is 2.39. The highest BCUT2D eigenvalue weighted by Crippen LogP contribution is 2.20. The highest BCUT2D eigenvalue weighted by molar-refractivity contribution is 5.76. The molecule has 0 saturated carbocycles. The maximum Gasteiger partial charge on any atom is 0.317 e. The molecule has 2 saturated heterocycles. The van der Waals surface area contributed by atoms with Crippen LogP contribution in [0.4, 0.5) is 4.79 Å². The second-order valence-electron chi connectivity index (χ2n) is 5.28. The van der Waals surface area contributed by atoms with Crippen molar-refractivity contribution < 1.29 is 19.4 Å². The number of aliphatic carboxylic acids is 1. The number of ether oxygens (including phenoxy) is 1. The molecule has 108 valence electrons. The Morgan fingerprint density at radius 1 is 1.21 bits per heavy atom. The quantitative estimate of drug-likeness (QED) is 0.807. The Hall–Kier alpha value is -1.30. The number of likely N-dealkylation sites (tertiary alicyclic amines) is 1. The van der Waals surface area contributed by atoms with Gasteiger partial charge < -0.3 is 20.1 Å². The number of hydrogen-bond acceptors (Lipinski definition) is 3. The van der Waals surface area contributed by atoms with Crippen LogP contribution in [0.1, 0.15) is 38.5 Å². The summed E-state index contributed by atoms with van der Waals surface area (Å²) < 4.78 is 5.26. The van der Waals surface area contributed by atoms with Crippen LogP contribution in [0.2, 0.25) is 0 Å². The van der Waals surface area contributed by atoms with Crippen LogP contribution < -0.4 is 5.32 Å². The number of nitrogens with one attached hydrogen (secondary N) is 1. The van der Waals surface area contributed by atoms with Gasteiger partial charge in [-0.15, -0.1) is 0 Å². The number of carboxylic acids is 1. The summed E-state index contributed by atoms with van der Waals surface area (Å²) in [6.07, 6.45) is 4.46. The molecule has 0 aromatic rings. The van der Waals surface area contributed by atoms with Gasteiger partial charge in [0, 0.05) is 31.8 Å². The van der Waals surface area contributed by atoms with Crippen molar-refractivity contribution in [3.8, 4) is 0 Å². The third kappa shape index (κ3) is 4.09. The molecule has 6 heteroatoms. The van der Waals surface area contributed by atoms with Gasteiger partial charge in [0.2, 0.25) is 0 Å². The predicted molar refractivity (Wildman–Crippen MR) is 69.0 cm³/mol. The Balaban J connectivity index is 1.88.